The highest BCUT2D eigenvalue weighted by atomic mass is 32.2. The van der Waals surface area contributed by atoms with Gasteiger partial charge in [0.2, 0.25) is 10.0 Å². The van der Waals surface area contributed by atoms with Crippen molar-refractivity contribution in [2.45, 2.75) is 31.3 Å². The second-order valence-corrected chi connectivity index (χ2v) is 10.6. The van der Waals surface area contributed by atoms with E-state index in [0.717, 1.165) is 22.3 Å². The molecule has 35 heavy (non-hydrogen) atoms. The Balaban J connectivity index is 1.35. The number of rotatable bonds is 7. The molecule has 0 bridgehead atoms. The van der Waals surface area contributed by atoms with Crippen LogP contribution in [0.3, 0.4) is 0 Å². The molecule has 8 heteroatoms. The van der Waals surface area contributed by atoms with Crippen LogP contribution in [0.2, 0.25) is 0 Å². The number of hydrogen-bond donors (Lipinski definition) is 0. The Labute approximate surface area is 206 Å². The van der Waals surface area contributed by atoms with Gasteiger partial charge >= 0.3 is 5.97 Å². The summed E-state index contributed by atoms with van der Waals surface area (Å²) in [6, 6.07) is 21.2. The minimum Gasteiger partial charge on any atom is -0.452 e. The van der Waals surface area contributed by atoms with Gasteiger partial charge in [0.15, 0.2) is 6.61 Å². The van der Waals surface area contributed by atoms with Crippen LogP contribution in [0.15, 0.2) is 77.7 Å². The zero-order valence-corrected chi connectivity index (χ0v) is 20.6. The predicted octanol–water partition coefficient (Wildman–Crippen LogP) is 3.56. The number of carbonyl (C=O) groups is 2. The summed E-state index contributed by atoms with van der Waals surface area (Å²) in [4.78, 5) is 26.5. The first-order valence-corrected chi connectivity index (χ1v) is 12.8. The van der Waals surface area contributed by atoms with E-state index in [9.17, 15) is 18.0 Å². The van der Waals surface area contributed by atoms with Crippen LogP contribution in [0.4, 0.5) is 0 Å². The van der Waals surface area contributed by atoms with E-state index in [1.807, 2.05) is 55.5 Å². The summed E-state index contributed by atoms with van der Waals surface area (Å²) in [5.41, 5.74) is 4.44. The first-order chi connectivity index (χ1) is 16.8. The molecular weight excluding hydrogens is 464 g/mol. The molecule has 0 unspecified atom stereocenters. The molecule has 3 aromatic rings. The SMILES string of the molecule is Cc1ccccc1CN(C)C(=O)COC(=O)c1ccc(S(=O)(=O)N2CCc3ccccc3C2)cc1. The van der Waals surface area contributed by atoms with Crippen LogP contribution in [0, 0.1) is 6.92 Å². The minimum absolute atomic E-state index is 0.113. The van der Waals surface area contributed by atoms with Crippen molar-refractivity contribution in [2.24, 2.45) is 0 Å². The smallest absolute Gasteiger partial charge is 0.338 e. The first kappa shape index (κ1) is 24.6. The number of benzene rings is 3. The largest absolute Gasteiger partial charge is 0.452 e. The highest BCUT2D eigenvalue weighted by Gasteiger charge is 2.28. The summed E-state index contributed by atoms with van der Waals surface area (Å²) in [6.07, 6.45) is 0.659. The number of esters is 1. The highest BCUT2D eigenvalue weighted by Crippen LogP contribution is 2.25. The van der Waals surface area contributed by atoms with Gasteiger partial charge in [-0.2, -0.15) is 4.31 Å². The van der Waals surface area contributed by atoms with Crippen LogP contribution in [0.25, 0.3) is 0 Å². The molecule has 0 aromatic heterocycles. The number of sulfonamides is 1. The van der Waals surface area contributed by atoms with Crippen LogP contribution in [0.5, 0.6) is 0 Å². The maximum absolute atomic E-state index is 13.1. The van der Waals surface area contributed by atoms with Gasteiger partial charge in [-0.05, 0) is 59.9 Å². The summed E-state index contributed by atoms with van der Waals surface area (Å²) in [5, 5.41) is 0. The fourth-order valence-corrected chi connectivity index (χ4v) is 5.46. The second kappa shape index (κ2) is 10.4. The lowest BCUT2D eigenvalue weighted by Gasteiger charge is -2.28. The summed E-state index contributed by atoms with van der Waals surface area (Å²) in [6.45, 7) is 2.72. The number of nitrogens with zero attached hydrogens (tertiary/aromatic N) is 2. The Morgan fingerprint density at radius 2 is 1.60 bits per heavy atom. The number of ether oxygens (including phenoxy) is 1. The Morgan fingerprint density at radius 3 is 2.31 bits per heavy atom. The Kier molecular flexibility index (Phi) is 7.33. The molecular formula is C27H28N2O5S. The molecule has 0 N–H and O–H groups in total. The van der Waals surface area contributed by atoms with Gasteiger partial charge in [-0.3, -0.25) is 4.79 Å². The zero-order valence-electron chi connectivity index (χ0n) is 19.8. The molecule has 3 aromatic carbocycles. The predicted molar refractivity (Wildman–Crippen MR) is 132 cm³/mol. The lowest BCUT2D eigenvalue weighted by atomic mass is 10.0. The second-order valence-electron chi connectivity index (χ2n) is 8.63. The maximum atomic E-state index is 13.1. The average Bonchev–Trinajstić information content (AvgIpc) is 2.88. The number of hydrogen-bond acceptors (Lipinski definition) is 5. The monoisotopic (exact) mass is 492 g/mol. The van der Waals surface area contributed by atoms with E-state index in [0.29, 0.717) is 26.1 Å². The summed E-state index contributed by atoms with van der Waals surface area (Å²) >= 11 is 0. The van der Waals surface area contributed by atoms with Crippen molar-refractivity contribution >= 4 is 21.9 Å². The van der Waals surface area contributed by atoms with Gasteiger partial charge in [0, 0.05) is 26.7 Å². The van der Waals surface area contributed by atoms with E-state index < -0.39 is 22.6 Å². The van der Waals surface area contributed by atoms with E-state index in [1.54, 1.807) is 7.05 Å². The van der Waals surface area contributed by atoms with E-state index >= 15 is 0 Å². The first-order valence-electron chi connectivity index (χ1n) is 11.4. The van der Waals surface area contributed by atoms with E-state index in [2.05, 4.69) is 0 Å². The summed E-state index contributed by atoms with van der Waals surface area (Å²) < 4.78 is 32.8. The Morgan fingerprint density at radius 1 is 0.943 bits per heavy atom. The van der Waals surface area contributed by atoms with Crippen molar-refractivity contribution in [3.63, 3.8) is 0 Å². The number of carbonyl (C=O) groups excluding carboxylic acids is 2. The third kappa shape index (κ3) is 5.61. The van der Waals surface area contributed by atoms with Gasteiger partial charge in [0.05, 0.1) is 10.5 Å². The molecule has 7 nitrogen and oxygen atoms in total. The average molecular weight is 493 g/mol. The van der Waals surface area contributed by atoms with Gasteiger partial charge in [0.1, 0.15) is 0 Å². The van der Waals surface area contributed by atoms with E-state index in [4.69, 9.17) is 4.74 Å². The molecule has 1 amide bonds. The molecule has 1 aliphatic rings. The Bertz CT molecular complexity index is 1340. The van der Waals surface area contributed by atoms with Gasteiger partial charge in [-0.25, -0.2) is 13.2 Å². The van der Waals surface area contributed by atoms with Gasteiger partial charge < -0.3 is 9.64 Å². The maximum Gasteiger partial charge on any atom is 0.338 e. The van der Waals surface area contributed by atoms with Crippen molar-refractivity contribution in [1.82, 2.24) is 9.21 Å². The molecule has 0 saturated carbocycles. The summed E-state index contributed by atoms with van der Waals surface area (Å²) in [5.74, 6) is -1.01. The third-order valence-electron chi connectivity index (χ3n) is 6.24. The van der Waals surface area contributed by atoms with Crippen molar-refractivity contribution in [3.8, 4) is 0 Å². The number of likely N-dealkylation sites (N-methyl/N-ethyl adjacent to an activating group) is 1. The molecule has 0 atom stereocenters. The third-order valence-corrected chi connectivity index (χ3v) is 8.10. The normalized spacial score (nSPS) is 13.7. The molecule has 182 valence electrons. The molecule has 0 radical (unpaired) electrons. The highest BCUT2D eigenvalue weighted by molar-refractivity contribution is 7.89. The molecule has 1 aliphatic heterocycles. The zero-order chi connectivity index (χ0) is 25.0. The molecule has 0 aliphatic carbocycles. The number of aryl methyl sites for hydroxylation is 1. The van der Waals surface area contributed by atoms with Crippen LogP contribution in [-0.4, -0.2) is 49.7 Å². The minimum atomic E-state index is -3.70. The molecule has 4 rings (SSSR count). The van der Waals surface area contributed by atoms with E-state index in [1.165, 1.54) is 33.5 Å². The van der Waals surface area contributed by atoms with Crippen LogP contribution in [-0.2, 0) is 39.1 Å². The van der Waals surface area contributed by atoms with Gasteiger partial charge in [-0.15, -0.1) is 0 Å². The van der Waals surface area contributed by atoms with Crippen LogP contribution in [0.1, 0.15) is 32.6 Å². The van der Waals surface area contributed by atoms with Crippen molar-refractivity contribution in [2.75, 3.05) is 20.2 Å². The van der Waals surface area contributed by atoms with Crippen LogP contribution < -0.4 is 0 Å². The quantitative estimate of drug-likeness (QED) is 0.471. The molecule has 0 saturated heterocycles. The standard InChI is InChI=1S/C27H28N2O5S/c1-20-7-3-4-9-23(20)17-28(2)26(30)19-34-27(31)22-11-13-25(14-12-22)35(32,33)29-16-15-21-8-5-6-10-24(21)18-29/h3-14H,15-19H2,1-2H3. The van der Waals surface area contributed by atoms with E-state index in [-0.39, 0.29) is 16.4 Å². The molecule has 0 fully saturated rings. The topological polar surface area (TPSA) is 84.0 Å². The van der Waals surface area contributed by atoms with Gasteiger partial charge in [0.25, 0.3) is 5.91 Å². The lowest BCUT2D eigenvalue weighted by molar-refractivity contribution is -0.133. The Hall–Kier alpha value is -3.49. The van der Waals surface area contributed by atoms with Crippen molar-refractivity contribution in [1.29, 1.82) is 0 Å². The molecule has 1 heterocycles. The van der Waals surface area contributed by atoms with Crippen LogP contribution >= 0.6 is 0 Å². The summed E-state index contributed by atoms with van der Waals surface area (Å²) in [7, 11) is -2.04. The van der Waals surface area contributed by atoms with Gasteiger partial charge in [-0.1, -0.05) is 48.5 Å². The number of amides is 1. The fraction of sp³-hybridized carbons (Fsp3) is 0.259. The molecule has 0 spiro atoms. The van der Waals surface area contributed by atoms with Crippen molar-refractivity contribution in [3.05, 3.63) is 101 Å². The van der Waals surface area contributed by atoms with Crippen molar-refractivity contribution < 1.29 is 22.7 Å². The number of fused-ring (bicyclic) bond motifs is 1. The fourth-order valence-electron chi connectivity index (χ4n) is 4.04. The lowest BCUT2D eigenvalue weighted by Crippen LogP contribution is -2.35.